The first-order valence-electron chi connectivity index (χ1n) is 6.66. The molecular formula is C13H24ClN3O. The van der Waals surface area contributed by atoms with Gasteiger partial charge in [0.05, 0.1) is 12.3 Å². The third-order valence-electron chi connectivity index (χ3n) is 3.09. The van der Waals surface area contributed by atoms with Crippen LogP contribution < -0.4 is 5.32 Å². The molecule has 0 amide bonds. The van der Waals surface area contributed by atoms with Crippen LogP contribution in [0.15, 0.2) is 0 Å². The van der Waals surface area contributed by atoms with Gasteiger partial charge in [0.25, 0.3) is 0 Å². The van der Waals surface area contributed by atoms with Crippen molar-refractivity contribution in [2.24, 2.45) is 5.92 Å². The lowest BCUT2D eigenvalue weighted by Crippen LogP contribution is -2.36. The van der Waals surface area contributed by atoms with E-state index in [1.807, 2.05) is 0 Å². The number of aryl methyl sites for hydroxylation is 1. The van der Waals surface area contributed by atoms with Crippen LogP contribution >= 0.6 is 11.6 Å². The van der Waals surface area contributed by atoms with Crippen LogP contribution in [0.3, 0.4) is 0 Å². The molecule has 1 atom stereocenters. The zero-order valence-corrected chi connectivity index (χ0v) is 12.2. The van der Waals surface area contributed by atoms with Gasteiger partial charge in [-0.15, -0.1) is 0 Å². The summed E-state index contributed by atoms with van der Waals surface area (Å²) in [7, 11) is 0. The van der Waals surface area contributed by atoms with Gasteiger partial charge in [-0.2, -0.15) is 0 Å². The first-order valence-corrected chi connectivity index (χ1v) is 7.03. The second kappa shape index (κ2) is 7.77. The monoisotopic (exact) mass is 273 g/mol. The number of imidazole rings is 1. The van der Waals surface area contributed by atoms with Crippen LogP contribution in [0.1, 0.15) is 45.1 Å². The number of aliphatic hydroxyl groups excluding tert-OH is 1. The van der Waals surface area contributed by atoms with E-state index in [1.54, 1.807) is 0 Å². The van der Waals surface area contributed by atoms with Gasteiger partial charge in [-0.3, -0.25) is 0 Å². The van der Waals surface area contributed by atoms with Gasteiger partial charge >= 0.3 is 0 Å². The van der Waals surface area contributed by atoms with Crippen LogP contribution in [0.25, 0.3) is 0 Å². The third-order valence-corrected chi connectivity index (χ3v) is 3.40. The quantitative estimate of drug-likeness (QED) is 0.682. The number of unbranched alkanes of at least 4 members (excludes halogenated alkanes) is 1. The minimum atomic E-state index is 0.0865. The third kappa shape index (κ3) is 4.59. The van der Waals surface area contributed by atoms with E-state index in [0.29, 0.717) is 17.6 Å². The molecule has 3 N–H and O–H groups in total. The SMILES string of the molecule is CCCCc1nc(Cl)c(CN[C@H](CO)C(C)C)[nH]1. The van der Waals surface area contributed by atoms with Crippen LogP contribution in [-0.2, 0) is 13.0 Å². The minimum absolute atomic E-state index is 0.0865. The Hall–Kier alpha value is -0.580. The van der Waals surface area contributed by atoms with E-state index in [0.717, 1.165) is 30.8 Å². The molecule has 0 aromatic carbocycles. The van der Waals surface area contributed by atoms with Crippen molar-refractivity contribution in [1.29, 1.82) is 0 Å². The molecule has 0 spiro atoms. The Bertz CT molecular complexity index is 352. The molecule has 1 aromatic heterocycles. The van der Waals surface area contributed by atoms with Crippen molar-refractivity contribution in [3.8, 4) is 0 Å². The Morgan fingerprint density at radius 1 is 1.44 bits per heavy atom. The highest BCUT2D eigenvalue weighted by Gasteiger charge is 2.13. The van der Waals surface area contributed by atoms with E-state index in [-0.39, 0.29) is 12.6 Å². The number of aromatic amines is 1. The topological polar surface area (TPSA) is 60.9 Å². The van der Waals surface area contributed by atoms with Crippen molar-refractivity contribution in [2.75, 3.05) is 6.61 Å². The van der Waals surface area contributed by atoms with Crippen molar-refractivity contribution < 1.29 is 5.11 Å². The average Bonchev–Trinajstić information content (AvgIpc) is 2.68. The molecule has 0 unspecified atom stereocenters. The van der Waals surface area contributed by atoms with E-state index >= 15 is 0 Å². The molecule has 18 heavy (non-hydrogen) atoms. The molecule has 1 heterocycles. The van der Waals surface area contributed by atoms with Crippen molar-refractivity contribution in [2.45, 2.75) is 52.6 Å². The van der Waals surface area contributed by atoms with E-state index in [1.165, 1.54) is 0 Å². The van der Waals surface area contributed by atoms with E-state index in [4.69, 9.17) is 11.6 Å². The smallest absolute Gasteiger partial charge is 0.151 e. The minimum Gasteiger partial charge on any atom is -0.395 e. The summed E-state index contributed by atoms with van der Waals surface area (Å²) in [5, 5.41) is 13.1. The molecule has 0 fully saturated rings. The van der Waals surface area contributed by atoms with E-state index < -0.39 is 0 Å². The van der Waals surface area contributed by atoms with Gasteiger partial charge in [0.1, 0.15) is 5.82 Å². The van der Waals surface area contributed by atoms with Crippen LogP contribution in [0.5, 0.6) is 0 Å². The highest BCUT2D eigenvalue weighted by atomic mass is 35.5. The number of hydrogen-bond donors (Lipinski definition) is 3. The lowest BCUT2D eigenvalue weighted by Gasteiger charge is -2.19. The van der Waals surface area contributed by atoms with Crippen molar-refractivity contribution >= 4 is 11.6 Å². The Balaban J connectivity index is 2.53. The number of nitrogens with zero attached hydrogens (tertiary/aromatic N) is 1. The van der Waals surface area contributed by atoms with E-state index in [9.17, 15) is 5.11 Å². The van der Waals surface area contributed by atoms with Gasteiger partial charge in [-0.05, 0) is 12.3 Å². The number of aliphatic hydroxyl groups is 1. The van der Waals surface area contributed by atoms with Gasteiger partial charge in [-0.25, -0.2) is 4.98 Å². The lowest BCUT2D eigenvalue weighted by molar-refractivity contribution is 0.209. The maximum atomic E-state index is 9.24. The first-order chi connectivity index (χ1) is 8.58. The molecule has 0 aliphatic rings. The second-order valence-electron chi connectivity index (χ2n) is 4.97. The summed E-state index contributed by atoms with van der Waals surface area (Å²) in [5.74, 6) is 1.33. The molecule has 5 heteroatoms. The molecule has 104 valence electrons. The fraction of sp³-hybridized carbons (Fsp3) is 0.769. The number of nitrogens with one attached hydrogen (secondary N) is 2. The Morgan fingerprint density at radius 2 is 2.17 bits per heavy atom. The largest absolute Gasteiger partial charge is 0.395 e. The zero-order chi connectivity index (χ0) is 13.5. The number of halogens is 1. The lowest BCUT2D eigenvalue weighted by atomic mass is 10.1. The van der Waals surface area contributed by atoms with Gasteiger partial charge < -0.3 is 15.4 Å². The number of aromatic nitrogens is 2. The van der Waals surface area contributed by atoms with Crippen molar-refractivity contribution in [1.82, 2.24) is 15.3 Å². The highest BCUT2D eigenvalue weighted by molar-refractivity contribution is 6.30. The molecule has 0 bridgehead atoms. The standard InChI is InChI=1S/C13H24ClN3O/c1-4-5-6-12-16-10(13(14)17-12)7-15-11(8-18)9(2)3/h9,11,15,18H,4-8H2,1-3H3,(H,16,17)/t11-/m1/s1. The molecule has 0 aliphatic carbocycles. The Labute approximate surface area is 114 Å². The van der Waals surface area contributed by atoms with Crippen molar-refractivity contribution in [3.63, 3.8) is 0 Å². The fourth-order valence-electron chi connectivity index (χ4n) is 1.76. The molecule has 0 radical (unpaired) electrons. The van der Waals surface area contributed by atoms with Crippen LogP contribution in [0.2, 0.25) is 5.15 Å². The van der Waals surface area contributed by atoms with Crippen LogP contribution in [-0.4, -0.2) is 27.7 Å². The molecule has 1 rings (SSSR count). The molecule has 0 aliphatic heterocycles. The van der Waals surface area contributed by atoms with Gasteiger partial charge in [0, 0.05) is 19.0 Å². The van der Waals surface area contributed by atoms with Crippen LogP contribution in [0.4, 0.5) is 0 Å². The molecule has 0 saturated carbocycles. The summed E-state index contributed by atoms with van der Waals surface area (Å²) >= 11 is 6.09. The number of hydrogen-bond acceptors (Lipinski definition) is 3. The van der Waals surface area contributed by atoms with Gasteiger partial charge in [0.15, 0.2) is 5.15 Å². The van der Waals surface area contributed by atoms with Crippen LogP contribution in [0, 0.1) is 5.92 Å². The molecule has 0 saturated heterocycles. The van der Waals surface area contributed by atoms with Gasteiger partial charge in [0.2, 0.25) is 0 Å². The summed E-state index contributed by atoms with van der Waals surface area (Å²) in [6, 6.07) is 0.0865. The first kappa shape index (κ1) is 15.5. The Kier molecular flexibility index (Phi) is 6.68. The highest BCUT2D eigenvalue weighted by Crippen LogP contribution is 2.14. The summed E-state index contributed by atoms with van der Waals surface area (Å²) in [6.45, 7) is 7.05. The maximum absolute atomic E-state index is 9.24. The normalized spacial score (nSPS) is 13.2. The zero-order valence-electron chi connectivity index (χ0n) is 11.5. The molecule has 4 nitrogen and oxygen atoms in total. The predicted octanol–water partition coefficient (Wildman–Crippen LogP) is 2.51. The second-order valence-corrected chi connectivity index (χ2v) is 5.33. The predicted molar refractivity (Wildman–Crippen MR) is 74.8 cm³/mol. The summed E-state index contributed by atoms with van der Waals surface area (Å²) < 4.78 is 0. The summed E-state index contributed by atoms with van der Waals surface area (Å²) in [5.41, 5.74) is 0.905. The van der Waals surface area contributed by atoms with Gasteiger partial charge in [-0.1, -0.05) is 38.8 Å². The number of H-pyrrole nitrogens is 1. The maximum Gasteiger partial charge on any atom is 0.151 e. The summed E-state index contributed by atoms with van der Waals surface area (Å²) in [6.07, 6.45) is 3.19. The van der Waals surface area contributed by atoms with Crippen molar-refractivity contribution in [3.05, 3.63) is 16.7 Å². The summed E-state index contributed by atoms with van der Waals surface area (Å²) in [4.78, 5) is 7.55. The molecular weight excluding hydrogens is 250 g/mol. The van der Waals surface area contributed by atoms with E-state index in [2.05, 4.69) is 36.1 Å². The fourth-order valence-corrected chi connectivity index (χ4v) is 1.98. The Morgan fingerprint density at radius 3 is 2.72 bits per heavy atom. The molecule has 1 aromatic rings. The number of rotatable bonds is 8. The average molecular weight is 274 g/mol.